The summed E-state index contributed by atoms with van der Waals surface area (Å²) in [6, 6.07) is 3.47. The first-order valence-electron chi connectivity index (χ1n) is 5.69. The van der Waals surface area contributed by atoms with Gasteiger partial charge in [0.2, 0.25) is 11.7 Å². The predicted molar refractivity (Wildman–Crippen MR) is 70.5 cm³/mol. The SMILES string of the molecule is Cc1cc(-n2c(=O)cc(F)n3ccnc23)cc(F)c1Cl. The Hall–Kier alpha value is -2.21. The number of aromatic nitrogens is 3. The Labute approximate surface area is 116 Å². The number of hydrogen-bond acceptors (Lipinski definition) is 2. The Kier molecular flexibility index (Phi) is 2.83. The maximum Gasteiger partial charge on any atom is 0.262 e. The highest BCUT2D eigenvalue weighted by atomic mass is 35.5. The van der Waals surface area contributed by atoms with Crippen molar-refractivity contribution in [1.29, 1.82) is 0 Å². The highest BCUT2D eigenvalue weighted by Gasteiger charge is 2.14. The molecular weight excluding hydrogens is 288 g/mol. The molecule has 0 bridgehead atoms. The van der Waals surface area contributed by atoms with Crippen molar-refractivity contribution in [3.63, 3.8) is 0 Å². The molecule has 0 amide bonds. The zero-order valence-electron chi connectivity index (χ0n) is 10.3. The highest BCUT2D eigenvalue weighted by Crippen LogP contribution is 2.23. The Morgan fingerprint density at radius 1 is 1.25 bits per heavy atom. The number of fused-ring (bicyclic) bond motifs is 1. The van der Waals surface area contributed by atoms with Crippen LogP contribution in [0.5, 0.6) is 0 Å². The molecule has 3 rings (SSSR count). The normalized spacial score (nSPS) is 11.2. The minimum absolute atomic E-state index is 0.0109. The lowest BCUT2D eigenvalue weighted by Crippen LogP contribution is -2.21. The summed E-state index contributed by atoms with van der Waals surface area (Å²) in [6.45, 7) is 1.62. The average molecular weight is 296 g/mol. The van der Waals surface area contributed by atoms with E-state index in [2.05, 4.69) is 4.98 Å². The lowest BCUT2D eigenvalue weighted by molar-refractivity contribution is 0.557. The summed E-state index contributed by atoms with van der Waals surface area (Å²) in [7, 11) is 0. The van der Waals surface area contributed by atoms with Gasteiger partial charge >= 0.3 is 0 Å². The average Bonchev–Trinajstić information content (AvgIpc) is 2.85. The molecule has 2 aromatic heterocycles. The maximum atomic E-state index is 13.7. The third-order valence-electron chi connectivity index (χ3n) is 2.97. The lowest BCUT2D eigenvalue weighted by Gasteiger charge is -2.10. The number of nitrogens with zero attached hydrogens (tertiary/aromatic N) is 3. The van der Waals surface area contributed by atoms with Crippen molar-refractivity contribution in [2.24, 2.45) is 0 Å². The minimum atomic E-state index is -0.732. The van der Waals surface area contributed by atoms with Crippen LogP contribution in [-0.4, -0.2) is 14.0 Å². The Morgan fingerprint density at radius 2 is 2.00 bits per heavy atom. The van der Waals surface area contributed by atoms with Gasteiger partial charge in [-0.3, -0.25) is 9.20 Å². The zero-order chi connectivity index (χ0) is 14.4. The second kappa shape index (κ2) is 4.42. The Balaban J connectivity index is 2.41. The molecule has 2 heterocycles. The molecule has 0 radical (unpaired) electrons. The standard InChI is InChI=1S/C13H8ClF2N3O/c1-7-4-8(5-9(15)12(7)14)19-11(20)6-10(16)18-3-2-17-13(18)19/h2-6H,1H3. The Morgan fingerprint density at radius 3 is 2.70 bits per heavy atom. The third-order valence-corrected chi connectivity index (χ3v) is 3.45. The summed E-state index contributed by atoms with van der Waals surface area (Å²) in [6.07, 6.45) is 2.73. The summed E-state index contributed by atoms with van der Waals surface area (Å²) < 4.78 is 29.5. The van der Waals surface area contributed by atoms with E-state index >= 15 is 0 Å². The van der Waals surface area contributed by atoms with E-state index in [1.807, 2.05) is 0 Å². The van der Waals surface area contributed by atoms with Crippen LogP contribution in [0.25, 0.3) is 11.5 Å². The maximum absolute atomic E-state index is 13.7. The van der Waals surface area contributed by atoms with Gasteiger partial charge in [-0.1, -0.05) is 11.6 Å². The first-order chi connectivity index (χ1) is 9.49. The van der Waals surface area contributed by atoms with Crippen LogP contribution in [0, 0.1) is 18.7 Å². The molecule has 0 fully saturated rings. The van der Waals surface area contributed by atoms with E-state index in [-0.39, 0.29) is 16.5 Å². The number of benzene rings is 1. The fraction of sp³-hybridized carbons (Fsp3) is 0.0769. The molecule has 7 heteroatoms. The van der Waals surface area contributed by atoms with Crippen LogP contribution in [0.15, 0.2) is 35.4 Å². The summed E-state index contributed by atoms with van der Waals surface area (Å²) in [5.41, 5.74) is 0.0792. The number of rotatable bonds is 1. The van der Waals surface area contributed by atoms with Crippen molar-refractivity contribution in [3.05, 3.63) is 63.3 Å². The second-order valence-corrected chi connectivity index (χ2v) is 4.67. The number of halogens is 3. The molecule has 0 saturated carbocycles. The molecule has 0 atom stereocenters. The molecule has 102 valence electrons. The predicted octanol–water partition coefficient (Wildman–Crippen LogP) is 2.73. The van der Waals surface area contributed by atoms with Crippen molar-refractivity contribution in [2.45, 2.75) is 6.92 Å². The van der Waals surface area contributed by atoms with Crippen LogP contribution >= 0.6 is 11.6 Å². The van der Waals surface area contributed by atoms with Crippen LogP contribution in [-0.2, 0) is 0 Å². The van der Waals surface area contributed by atoms with Crippen molar-refractivity contribution in [1.82, 2.24) is 14.0 Å². The molecule has 20 heavy (non-hydrogen) atoms. The summed E-state index contributed by atoms with van der Waals surface area (Å²) in [4.78, 5) is 15.9. The van der Waals surface area contributed by atoms with Gasteiger partial charge in [0.05, 0.1) is 16.8 Å². The van der Waals surface area contributed by atoms with Gasteiger partial charge in [-0.15, -0.1) is 0 Å². The van der Waals surface area contributed by atoms with E-state index in [4.69, 9.17) is 11.6 Å². The largest absolute Gasteiger partial charge is 0.269 e. The molecule has 0 unspecified atom stereocenters. The van der Waals surface area contributed by atoms with Gasteiger partial charge in [-0.2, -0.15) is 4.39 Å². The fourth-order valence-corrected chi connectivity index (χ4v) is 2.15. The summed E-state index contributed by atoms with van der Waals surface area (Å²) in [5, 5.41) is -0.0109. The smallest absolute Gasteiger partial charge is 0.262 e. The monoisotopic (exact) mass is 295 g/mol. The lowest BCUT2D eigenvalue weighted by atomic mass is 10.2. The molecule has 0 spiro atoms. The van der Waals surface area contributed by atoms with E-state index in [0.29, 0.717) is 5.56 Å². The topological polar surface area (TPSA) is 39.3 Å². The molecule has 0 N–H and O–H groups in total. The van der Waals surface area contributed by atoms with Crippen LogP contribution in [0.2, 0.25) is 5.02 Å². The van der Waals surface area contributed by atoms with Gasteiger partial charge in [0.25, 0.3) is 5.56 Å². The Bertz CT molecular complexity index is 862. The van der Waals surface area contributed by atoms with Crippen LogP contribution in [0.4, 0.5) is 8.78 Å². The molecule has 0 saturated heterocycles. The summed E-state index contributed by atoms with van der Waals surface area (Å²) >= 11 is 5.76. The molecular formula is C13H8ClF2N3O. The minimum Gasteiger partial charge on any atom is -0.269 e. The molecule has 1 aromatic carbocycles. The van der Waals surface area contributed by atoms with Crippen LogP contribution in [0.1, 0.15) is 5.56 Å². The number of imidazole rings is 1. The van der Waals surface area contributed by atoms with E-state index < -0.39 is 17.3 Å². The fourth-order valence-electron chi connectivity index (χ4n) is 2.04. The number of hydrogen-bond donors (Lipinski definition) is 0. The van der Waals surface area contributed by atoms with Gasteiger partial charge in [0.1, 0.15) is 5.82 Å². The van der Waals surface area contributed by atoms with Gasteiger partial charge in [-0.05, 0) is 24.6 Å². The van der Waals surface area contributed by atoms with E-state index in [9.17, 15) is 13.6 Å². The molecule has 0 aliphatic heterocycles. The van der Waals surface area contributed by atoms with E-state index in [1.54, 1.807) is 13.0 Å². The van der Waals surface area contributed by atoms with Gasteiger partial charge < -0.3 is 0 Å². The zero-order valence-corrected chi connectivity index (χ0v) is 11.0. The van der Waals surface area contributed by atoms with Gasteiger partial charge in [0, 0.05) is 12.4 Å². The van der Waals surface area contributed by atoms with E-state index in [1.165, 1.54) is 12.4 Å². The van der Waals surface area contributed by atoms with Gasteiger partial charge in [-0.25, -0.2) is 13.9 Å². The van der Waals surface area contributed by atoms with E-state index in [0.717, 1.165) is 21.1 Å². The van der Waals surface area contributed by atoms with Crippen molar-refractivity contribution in [2.75, 3.05) is 0 Å². The summed E-state index contributed by atoms with van der Waals surface area (Å²) in [5.74, 6) is -1.32. The van der Waals surface area contributed by atoms with Gasteiger partial charge in [0.15, 0.2) is 0 Å². The van der Waals surface area contributed by atoms with Crippen LogP contribution < -0.4 is 5.56 Å². The first-order valence-corrected chi connectivity index (χ1v) is 6.07. The van der Waals surface area contributed by atoms with Crippen molar-refractivity contribution in [3.8, 4) is 5.69 Å². The number of aryl methyl sites for hydroxylation is 1. The quantitative estimate of drug-likeness (QED) is 0.648. The first kappa shape index (κ1) is 12.8. The third kappa shape index (κ3) is 1.80. The van der Waals surface area contributed by atoms with Crippen molar-refractivity contribution < 1.29 is 8.78 Å². The van der Waals surface area contributed by atoms with Crippen LogP contribution in [0.3, 0.4) is 0 Å². The molecule has 0 aliphatic carbocycles. The molecule has 4 nitrogen and oxygen atoms in total. The highest BCUT2D eigenvalue weighted by molar-refractivity contribution is 6.31. The second-order valence-electron chi connectivity index (χ2n) is 4.30. The van der Waals surface area contributed by atoms with Crippen molar-refractivity contribution >= 4 is 17.4 Å². The molecule has 3 aromatic rings. The molecule has 0 aliphatic rings.